The maximum atomic E-state index is 11.3. The van der Waals surface area contributed by atoms with Crippen molar-refractivity contribution in [2.75, 3.05) is 18.1 Å². The fourth-order valence-corrected chi connectivity index (χ4v) is 2.55. The first-order chi connectivity index (χ1) is 8.02. The van der Waals surface area contributed by atoms with Gasteiger partial charge < -0.3 is 5.32 Å². The van der Waals surface area contributed by atoms with Gasteiger partial charge in [0.05, 0.1) is 0 Å². The molecule has 0 saturated heterocycles. The Bertz CT molecular complexity index is 370. The molecule has 0 aliphatic heterocycles. The predicted molar refractivity (Wildman–Crippen MR) is 75.9 cm³/mol. The van der Waals surface area contributed by atoms with Crippen LogP contribution < -0.4 is 5.32 Å². The molecule has 0 aromatic heterocycles. The van der Waals surface area contributed by atoms with Crippen molar-refractivity contribution in [3.8, 4) is 0 Å². The molecule has 0 amide bonds. The summed E-state index contributed by atoms with van der Waals surface area (Å²) in [4.78, 5) is 0. The summed E-state index contributed by atoms with van der Waals surface area (Å²) in [7, 11) is -0.671. The second kappa shape index (κ2) is 6.92. The van der Waals surface area contributed by atoms with E-state index in [1.807, 2.05) is 6.92 Å². The maximum Gasteiger partial charge on any atom is 0.0360 e. The van der Waals surface area contributed by atoms with Gasteiger partial charge in [-0.05, 0) is 26.3 Å². The molecule has 96 valence electrons. The zero-order valence-electron chi connectivity index (χ0n) is 11.2. The van der Waals surface area contributed by atoms with Crippen LogP contribution in [0.3, 0.4) is 0 Å². The van der Waals surface area contributed by atoms with Crippen molar-refractivity contribution in [2.45, 2.75) is 33.7 Å². The zero-order valence-corrected chi connectivity index (χ0v) is 12.1. The lowest BCUT2D eigenvalue weighted by Crippen LogP contribution is -2.24. The van der Waals surface area contributed by atoms with Gasteiger partial charge >= 0.3 is 0 Å². The van der Waals surface area contributed by atoms with Gasteiger partial charge in [0.15, 0.2) is 0 Å². The van der Waals surface area contributed by atoms with E-state index in [2.05, 4.69) is 44.3 Å². The van der Waals surface area contributed by atoms with Crippen LogP contribution >= 0.6 is 0 Å². The lowest BCUT2D eigenvalue weighted by atomic mass is 10.0. The smallest absolute Gasteiger partial charge is 0.0360 e. The van der Waals surface area contributed by atoms with Crippen molar-refractivity contribution in [3.05, 3.63) is 34.9 Å². The molecule has 2 unspecified atom stereocenters. The van der Waals surface area contributed by atoms with E-state index in [9.17, 15) is 4.21 Å². The lowest BCUT2D eigenvalue weighted by Gasteiger charge is -2.15. The van der Waals surface area contributed by atoms with E-state index in [0.717, 1.165) is 18.1 Å². The van der Waals surface area contributed by atoms with Crippen LogP contribution in [0.4, 0.5) is 0 Å². The molecule has 2 nitrogen and oxygen atoms in total. The van der Waals surface area contributed by atoms with Gasteiger partial charge in [0.25, 0.3) is 0 Å². The Hall–Kier alpha value is -0.670. The highest BCUT2D eigenvalue weighted by Crippen LogP contribution is 2.16. The summed E-state index contributed by atoms with van der Waals surface area (Å²) in [6.45, 7) is 9.17. The van der Waals surface area contributed by atoms with Crippen molar-refractivity contribution < 1.29 is 4.21 Å². The van der Waals surface area contributed by atoms with Gasteiger partial charge in [-0.15, -0.1) is 0 Å². The Labute approximate surface area is 107 Å². The molecule has 0 spiro atoms. The van der Waals surface area contributed by atoms with E-state index in [1.165, 1.54) is 16.7 Å². The predicted octanol–water partition coefficient (Wildman–Crippen LogP) is 2.72. The van der Waals surface area contributed by atoms with E-state index in [0.29, 0.717) is 6.04 Å². The third kappa shape index (κ3) is 5.00. The Balaban J connectivity index is 2.52. The first kappa shape index (κ1) is 14.4. The summed E-state index contributed by atoms with van der Waals surface area (Å²) < 4.78 is 11.3. The van der Waals surface area contributed by atoms with Crippen LogP contribution in [0.5, 0.6) is 0 Å². The molecule has 0 fully saturated rings. The van der Waals surface area contributed by atoms with E-state index in [-0.39, 0.29) is 0 Å². The van der Waals surface area contributed by atoms with E-state index < -0.39 is 10.8 Å². The molecule has 0 heterocycles. The Morgan fingerprint density at radius 2 is 1.82 bits per heavy atom. The summed E-state index contributed by atoms with van der Waals surface area (Å²) in [6, 6.07) is 6.92. The highest BCUT2D eigenvalue weighted by Gasteiger charge is 2.06. The third-order valence-corrected chi connectivity index (χ3v) is 4.15. The number of hydrogen-bond acceptors (Lipinski definition) is 2. The third-order valence-electron chi connectivity index (χ3n) is 2.85. The molecule has 2 atom stereocenters. The molecule has 3 heteroatoms. The molecule has 1 aromatic carbocycles. The monoisotopic (exact) mass is 253 g/mol. The molecule has 0 saturated carbocycles. The van der Waals surface area contributed by atoms with Crippen LogP contribution in [0.1, 0.15) is 36.6 Å². The van der Waals surface area contributed by atoms with Crippen molar-refractivity contribution >= 4 is 10.8 Å². The maximum absolute atomic E-state index is 11.3. The van der Waals surface area contributed by atoms with Crippen molar-refractivity contribution in [2.24, 2.45) is 0 Å². The Kier molecular flexibility index (Phi) is 5.86. The SMILES string of the molecule is CCS(=O)CCNC(C)c1cc(C)cc(C)c1. The van der Waals surface area contributed by atoms with Gasteiger partial charge in [0, 0.05) is 34.9 Å². The van der Waals surface area contributed by atoms with Gasteiger partial charge in [0.1, 0.15) is 0 Å². The molecule has 0 aliphatic rings. The van der Waals surface area contributed by atoms with Crippen molar-refractivity contribution in [3.63, 3.8) is 0 Å². The number of nitrogens with one attached hydrogen (secondary N) is 1. The minimum Gasteiger partial charge on any atom is -0.309 e. The average molecular weight is 253 g/mol. The molecule has 0 bridgehead atoms. The van der Waals surface area contributed by atoms with E-state index >= 15 is 0 Å². The van der Waals surface area contributed by atoms with Crippen molar-refractivity contribution in [1.82, 2.24) is 5.32 Å². The molecule has 0 radical (unpaired) electrons. The normalized spacial score (nSPS) is 14.6. The largest absolute Gasteiger partial charge is 0.309 e. The summed E-state index contributed by atoms with van der Waals surface area (Å²) in [5.41, 5.74) is 3.90. The van der Waals surface area contributed by atoms with Crippen LogP contribution in [0.15, 0.2) is 18.2 Å². The van der Waals surface area contributed by atoms with Crippen LogP contribution in [0.2, 0.25) is 0 Å². The second-order valence-electron chi connectivity index (χ2n) is 4.53. The highest BCUT2D eigenvalue weighted by molar-refractivity contribution is 7.84. The van der Waals surface area contributed by atoms with Gasteiger partial charge in [-0.2, -0.15) is 0 Å². The van der Waals surface area contributed by atoms with E-state index in [1.54, 1.807) is 0 Å². The number of benzene rings is 1. The number of rotatable bonds is 6. The molecule has 0 aliphatic carbocycles. The summed E-state index contributed by atoms with van der Waals surface area (Å²) in [6.07, 6.45) is 0. The zero-order chi connectivity index (χ0) is 12.8. The molecule has 1 N–H and O–H groups in total. The second-order valence-corrected chi connectivity index (χ2v) is 6.39. The highest BCUT2D eigenvalue weighted by atomic mass is 32.2. The lowest BCUT2D eigenvalue weighted by molar-refractivity contribution is 0.596. The van der Waals surface area contributed by atoms with Gasteiger partial charge in [-0.25, -0.2) is 0 Å². The van der Waals surface area contributed by atoms with Crippen molar-refractivity contribution in [1.29, 1.82) is 0 Å². The minimum absolute atomic E-state index is 0.322. The summed E-state index contributed by atoms with van der Waals surface area (Å²) >= 11 is 0. The first-order valence-corrected chi connectivity index (χ1v) is 7.68. The summed E-state index contributed by atoms with van der Waals surface area (Å²) in [5, 5.41) is 3.43. The Morgan fingerprint density at radius 3 is 2.35 bits per heavy atom. The molecular formula is C14H23NOS. The van der Waals surface area contributed by atoms with Crippen LogP contribution in [0, 0.1) is 13.8 Å². The Morgan fingerprint density at radius 1 is 1.24 bits per heavy atom. The fourth-order valence-electron chi connectivity index (χ4n) is 1.91. The van der Waals surface area contributed by atoms with Gasteiger partial charge in [0.2, 0.25) is 0 Å². The van der Waals surface area contributed by atoms with Crippen LogP contribution in [0.25, 0.3) is 0 Å². The number of hydrogen-bond donors (Lipinski definition) is 1. The minimum atomic E-state index is -0.671. The quantitative estimate of drug-likeness (QED) is 0.844. The molecular weight excluding hydrogens is 230 g/mol. The van der Waals surface area contributed by atoms with Gasteiger partial charge in [-0.3, -0.25) is 4.21 Å². The fraction of sp³-hybridized carbons (Fsp3) is 0.571. The first-order valence-electron chi connectivity index (χ1n) is 6.19. The van der Waals surface area contributed by atoms with Gasteiger partial charge in [-0.1, -0.05) is 36.2 Å². The molecule has 17 heavy (non-hydrogen) atoms. The standard InChI is InChI=1S/C14H23NOS/c1-5-17(16)7-6-15-13(4)14-9-11(2)8-12(3)10-14/h8-10,13,15H,5-7H2,1-4H3. The molecule has 1 rings (SSSR count). The number of aryl methyl sites for hydroxylation is 2. The van der Waals surface area contributed by atoms with E-state index in [4.69, 9.17) is 0 Å². The average Bonchev–Trinajstić information content (AvgIpc) is 2.27. The van der Waals surface area contributed by atoms with Crippen LogP contribution in [-0.4, -0.2) is 22.3 Å². The topological polar surface area (TPSA) is 29.1 Å². The van der Waals surface area contributed by atoms with Crippen LogP contribution in [-0.2, 0) is 10.8 Å². The molecule has 1 aromatic rings. The summed E-state index contributed by atoms with van der Waals surface area (Å²) in [5.74, 6) is 1.49.